The molecule has 0 fully saturated rings. The van der Waals surface area contributed by atoms with Crippen molar-refractivity contribution in [3.05, 3.63) is 48.6 Å². The summed E-state index contributed by atoms with van der Waals surface area (Å²) in [4.78, 5) is 12.3. The van der Waals surface area contributed by atoms with Gasteiger partial charge in [-0.2, -0.15) is 0 Å². The fourth-order valence-corrected chi connectivity index (χ4v) is 4.81. The Balaban J connectivity index is 3.69. The van der Waals surface area contributed by atoms with E-state index in [1.807, 2.05) is 6.08 Å². The van der Waals surface area contributed by atoms with Crippen LogP contribution in [0.3, 0.4) is 0 Å². The van der Waals surface area contributed by atoms with E-state index in [0.29, 0.717) is 6.42 Å². The van der Waals surface area contributed by atoms with Gasteiger partial charge < -0.3 is 15.5 Å². The Morgan fingerprint density at radius 1 is 0.585 bits per heavy atom. The van der Waals surface area contributed by atoms with Crippen LogP contribution in [0.15, 0.2) is 48.6 Å². The van der Waals surface area contributed by atoms with Crippen molar-refractivity contribution in [1.82, 2.24) is 5.32 Å². The van der Waals surface area contributed by atoms with Crippen LogP contribution in [0.25, 0.3) is 0 Å². The summed E-state index contributed by atoms with van der Waals surface area (Å²) in [5, 5.41) is 22.8. The fourth-order valence-electron chi connectivity index (χ4n) is 4.81. The molecule has 0 aromatic heterocycles. The zero-order valence-corrected chi connectivity index (χ0v) is 27.0. The van der Waals surface area contributed by atoms with Gasteiger partial charge in [-0.25, -0.2) is 0 Å². The van der Waals surface area contributed by atoms with Crippen LogP contribution in [0.4, 0.5) is 0 Å². The van der Waals surface area contributed by atoms with Gasteiger partial charge in [0.15, 0.2) is 0 Å². The summed E-state index contributed by atoms with van der Waals surface area (Å²) in [6.45, 7) is 4.23. The minimum atomic E-state index is -0.863. The third-order valence-electron chi connectivity index (χ3n) is 7.53. The number of aliphatic hydroxyl groups excluding tert-OH is 2. The average molecular weight is 574 g/mol. The number of amides is 1. The van der Waals surface area contributed by atoms with Crippen LogP contribution in [0.1, 0.15) is 162 Å². The molecule has 0 aliphatic carbocycles. The number of carbonyl (C=O) groups is 1. The molecule has 41 heavy (non-hydrogen) atoms. The molecule has 0 radical (unpaired) electrons. The highest BCUT2D eigenvalue weighted by Gasteiger charge is 2.17. The van der Waals surface area contributed by atoms with Gasteiger partial charge >= 0.3 is 0 Å². The standard InChI is InChI=1S/C37H67NO3/c1-3-5-7-9-11-13-15-16-17-18-19-20-21-23-25-27-29-31-33-37(41)38-35(34-39)36(40)32-30-28-26-24-22-14-12-10-8-6-4-2/h13,15,17-18,22,24,30,32,35-36,39-40H,3-12,14,16,19-21,23,25-29,31,33-34H2,1-2H3,(H,38,41)/b15-13-,18-17-,24-22+,32-30+. The predicted molar refractivity (Wildman–Crippen MR) is 179 cm³/mol. The monoisotopic (exact) mass is 574 g/mol. The van der Waals surface area contributed by atoms with Crippen molar-refractivity contribution in [2.45, 2.75) is 174 Å². The topological polar surface area (TPSA) is 69.6 Å². The molecule has 0 aliphatic heterocycles. The van der Waals surface area contributed by atoms with E-state index in [-0.39, 0.29) is 12.5 Å². The lowest BCUT2D eigenvalue weighted by Crippen LogP contribution is -2.45. The van der Waals surface area contributed by atoms with E-state index in [1.165, 1.54) is 96.3 Å². The maximum absolute atomic E-state index is 12.3. The van der Waals surface area contributed by atoms with Gasteiger partial charge in [0.25, 0.3) is 0 Å². The van der Waals surface area contributed by atoms with Crippen molar-refractivity contribution in [2.75, 3.05) is 6.61 Å². The van der Waals surface area contributed by atoms with Gasteiger partial charge in [-0.1, -0.05) is 140 Å². The molecule has 0 rings (SSSR count). The van der Waals surface area contributed by atoms with E-state index in [2.05, 4.69) is 55.6 Å². The first kappa shape index (κ1) is 39.4. The Hall–Kier alpha value is -1.65. The second-order valence-electron chi connectivity index (χ2n) is 11.6. The highest BCUT2D eigenvalue weighted by atomic mass is 16.3. The summed E-state index contributed by atoms with van der Waals surface area (Å²) >= 11 is 0. The quantitative estimate of drug-likeness (QED) is 0.0591. The molecule has 0 heterocycles. The first-order chi connectivity index (χ1) is 20.2. The van der Waals surface area contributed by atoms with Gasteiger partial charge in [0.05, 0.1) is 18.8 Å². The Bertz CT molecular complexity index is 667. The van der Waals surface area contributed by atoms with Crippen LogP contribution in [0.5, 0.6) is 0 Å². The van der Waals surface area contributed by atoms with Crippen LogP contribution >= 0.6 is 0 Å². The third kappa shape index (κ3) is 29.6. The van der Waals surface area contributed by atoms with Gasteiger partial charge in [-0.15, -0.1) is 0 Å². The second-order valence-corrected chi connectivity index (χ2v) is 11.6. The fraction of sp³-hybridized carbons (Fsp3) is 0.757. The number of allylic oxidation sites excluding steroid dienone is 7. The molecule has 4 nitrogen and oxygen atoms in total. The minimum absolute atomic E-state index is 0.0866. The molecule has 0 saturated heterocycles. The maximum atomic E-state index is 12.3. The summed E-state index contributed by atoms with van der Waals surface area (Å²) < 4.78 is 0. The first-order valence-corrected chi connectivity index (χ1v) is 17.4. The van der Waals surface area contributed by atoms with Crippen molar-refractivity contribution in [1.29, 1.82) is 0 Å². The predicted octanol–water partition coefficient (Wildman–Crippen LogP) is 10.1. The number of rotatable bonds is 30. The van der Waals surface area contributed by atoms with Gasteiger partial charge in [0.2, 0.25) is 5.91 Å². The summed E-state index contributed by atoms with van der Waals surface area (Å²) in [7, 11) is 0. The van der Waals surface area contributed by atoms with Crippen molar-refractivity contribution >= 4 is 5.91 Å². The van der Waals surface area contributed by atoms with E-state index in [1.54, 1.807) is 6.08 Å². The lowest BCUT2D eigenvalue weighted by molar-refractivity contribution is -0.123. The first-order valence-electron chi connectivity index (χ1n) is 17.4. The van der Waals surface area contributed by atoms with Gasteiger partial charge in [0.1, 0.15) is 0 Å². The molecule has 0 bridgehead atoms. The molecular weight excluding hydrogens is 506 g/mol. The smallest absolute Gasteiger partial charge is 0.220 e. The molecule has 2 unspecified atom stereocenters. The molecule has 4 heteroatoms. The Morgan fingerprint density at radius 2 is 1.02 bits per heavy atom. The van der Waals surface area contributed by atoms with Crippen LogP contribution in [0.2, 0.25) is 0 Å². The van der Waals surface area contributed by atoms with Crippen LogP contribution in [0, 0.1) is 0 Å². The number of hydrogen-bond acceptors (Lipinski definition) is 3. The lowest BCUT2D eigenvalue weighted by Gasteiger charge is -2.19. The largest absolute Gasteiger partial charge is 0.394 e. The van der Waals surface area contributed by atoms with Gasteiger partial charge in [-0.3, -0.25) is 4.79 Å². The summed E-state index contributed by atoms with van der Waals surface area (Å²) in [5.74, 6) is -0.0866. The van der Waals surface area contributed by atoms with E-state index in [0.717, 1.165) is 44.9 Å². The molecular formula is C37H67NO3. The zero-order valence-electron chi connectivity index (χ0n) is 27.0. The van der Waals surface area contributed by atoms with Crippen molar-refractivity contribution in [3.63, 3.8) is 0 Å². The van der Waals surface area contributed by atoms with Crippen molar-refractivity contribution in [3.8, 4) is 0 Å². The molecule has 3 N–H and O–H groups in total. The molecule has 1 amide bonds. The summed E-state index contributed by atoms with van der Waals surface area (Å²) in [6, 6.07) is -0.641. The molecule has 0 saturated carbocycles. The van der Waals surface area contributed by atoms with Crippen molar-refractivity contribution in [2.24, 2.45) is 0 Å². The zero-order chi connectivity index (χ0) is 30.1. The number of nitrogens with one attached hydrogen (secondary N) is 1. The molecule has 0 spiro atoms. The number of hydrogen-bond donors (Lipinski definition) is 3. The Morgan fingerprint density at radius 3 is 1.59 bits per heavy atom. The Labute approximate surface area is 254 Å². The maximum Gasteiger partial charge on any atom is 0.220 e. The number of carbonyl (C=O) groups excluding carboxylic acids is 1. The van der Waals surface area contributed by atoms with Crippen LogP contribution in [-0.4, -0.2) is 34.9 Å². The van der Waals surface area contributed by atoms with E-state index < -0.39 is 12.1 Å². The van der Waals surface area contributed by atoms with Crippen molar-refractivity contribution < 1.29 is 15.0 Å². The van der Waals surface area contributed by atoms with Crippen LogP contribution < -0.4 is 5.32 Å². The molecule has 2 atom stereocenters. The lowest BCUT2D eigenvalue weighted by atomic mass is 10.1. The van der Waals surface area contributed by atoms with Crippen LogP contribution in [-0.2, 0) is 4.79 Å². The Kier molecular flexibility index (Phi) is 31.5. The van der Waals surface area contributed by atoms with E-state index in [4.69, 9.17) is 0 Å². The van der Waals surface area contributed by atoms with E-state index in [9.17, 15) is 15.0 Å². The molecule has 0 aromatic carbocycles. The molecule has 0 aromatic rings. The average Bonchev–Trinajstić information content (AvgIpc) is 2.97. The SMILES string of the molecule is CCCCCC/C=C\C/C=C\CCCCCCCCCC(=O)NC(CO)C(O)/C=C/CC/C=C/CCCCCCC. The number of aliphatic hydroxyl groups is 2. The van der Waals surface area contributed by atoms with E-state index >= 15 is 0 Å². The minimum Gasteiger partial charge on any atom is -0.394 e. The highest BCUT2D eigenvalue weighted by molar-refractivity contribution is 5.76. The van der Waals surface area contributed by atoms with Gasteiger partial charge in [0, 0.05) is 6.42 Å². The molecule has 238 valence electrons. The number of unbranched alkanes of at least 4 members (excludes halogenated alkanes) is 17. The molecule has 0 aliphatic rings. The second kappa shape index (κ2) is 32.9. The van der Waals surface area contributed by atoms with Gasteiger partial charge in [-0.05, 0) is 64.2 Å². The summed E-state index contributed by atoms with van der Waals surface area (Å²) in [5.41, 5.74) is 0. The normalized spacial score (nSPS) is 13.8. The third-order valence-corrected chi connectivity index (χ3v) is 7.53. The summed E-state index contributed by atoms with van der Waals surface area (Å²) in [6.07, 6.45) is 43.3. The highest BCUT2D eigenvalue weighted by Crippen LogP contribution is 2.11.